The van der Waals surface area contributed by atoms with E-state index in [9.17, 15) is 8.42 Å². The summed E-state index contributed by atoms with van der Waals surface area (Å²) >= 11 is 0. The molecule has 0 unspecified atom stereocenters. The van der Waals surface area contributed by atoms with Crippen molar-refractivity contribution < 1.29 is 8.42 Å². The van der Waals surface area contributed by atoms with Gasteiger partial charge in [-0.05, 0) is 56.0 Å². The largest absolute Gasteiger partial charge is 0.402 e. The van der Waals surface area contributed by atoms with Gasteiger partial charge in [0.15, 0.2) is 15.7 Å². The van der Waals surface area contributed by atoms with E-state index in [1.807, 2.05) is 13.0 Å². The Balaban J connectivity index is 1.74. The number of nitrogens with one attached hydrogen (secondary N) is 1. The van der Waals surface area contributed by atoms with Gasteiger partial charge >= 0.3 is 0 Å². The van der Waals surface area contributed by atoms with Crippen LogP contribution in [0.2, 0.25) is 0 Å². The van der Waals surface area contributed by atoms with Gasteiger partial charge in [0.2, 0.25) is 5.95 Å². The van der Waals surface area contributed by atoms with E-state index in [0.29, 0.717) is 23.4 Å². The molecular weight excluding hydrogens is 350 g/mol. The van der Waals surface area contributed by atoms with Crippen LogP contribution in [-0.2, 0) is 9.84 Å². The van der Waals surface area contributed by atoms with E-state index in [-0.39, 0.29) is 4.90 Å². The van der Waals surface area contributed by atoms with Crippen LogP contribution in [0.15, 0.2) is 58.2 Å². The van der Waals surface area contributed by atoms with Gasteiger partial charge in [0.25, 0.3) is 0 Å². The highest BCUT2D eigenvalue weighted by atomic mass is 32.2. The topological polar surface area (TPSA) is 110 Å². The first kappa shape index (κ1) is 18.1. The molecule has 2 aromatic rings. The number of nitrogens with zero attached hydrogens (tertiary/aromatic N) is 3. The molecule has 1 heterocycles. The summed E-state index contributed by atoms with van der Waals surface area (Å²) in [5.41, 5.74) is 8.34. The van der Waals surface area contributed by atoms with Crippen LogP contribution in [0, 0.1) is 5.92 Å². The number of hydrogen-bond acceptors (Lipinski definition) is 7. The molecule has 1 aromatic carbocycles. The van der Waals surface area contributed by atoms with E-state index in [1.165, 1.54) is 18.4 Å². The third kappa shape index (κ3) is 4.89. The summed E-state index contributed by atoms with van der Waals surface area (Å²) in [4.78, 5) is 13.2. The summed E-state index contributed by atoms with van der Waals surface area (Å²) in [6.45, 7) is 1.88. The molecule has 0 radical (unpaired) electrons. The minimum Gasteiger partial charge on any atom is -0.402 e. The zero-order chi connectivity index (χ0) is 18.7. The molecule has 0 spiro atoms. The van der Waals surface area contributed by atoms with Crippen molar-refractivity contribution in [2.75, 3.05) is 11.6 Å². The van der Waals surface area contributed by atoms with Crippen molar-refractivity contribution in [2.24, 2.45) is 16.6 Å². The first-order valence-electron chi connectivity index (χ1n) is 8.24. The highest BCUT2D eigenvalue weighted by molar-refractivity contribution is 7.90. The fraction of sp³-hybridized carbons (Fsp3) is 0.278. The number of allylic oxidation sites excluding steroid dienone is 2. The molecule has 0 saturated heterocycles. The number of benzene rings is 1. The van der Waals surface area contributed by atoms with Gasteiger partial charge in [0, 0.05) is 35.6 Å². The Hall–Kier alpha value is -2.74. The molecule has 1 aromatic heterocycles. The van der Waals surface area contributed by atoms with Gasteiger partial charge in [-0.25, -0.2) is 18.4 Å². The predicted molar refractivity (Wildman–Crippen MR) is 103 cm³/mol. The van der Waals surface area contributed by atoms with E-state index in [2.05, 4.69) is 20.3 Å². The lowest BCUT2D eigenvalue weighted by molar-refractivity contribution is 0.602. The molecule has 136 valence electrons. The lowest BCUT2D eigenvalue weighted by atomic mass is 10.2. The van der Waals surface area contributed by atoms with Gasteiger partial charge in [-0.2, -0.15) is 4.98 Å². The Morgan fingerprint density at radius 1 is 1.27 bits per heavy atom. The van der Waals surface area contributed by atoms with Crippen LogP contribution in [0.25, 0.3) is 0 Å². The van der Waals surface area contributed by atoms with E-state index >= 15 is 0 Å². The van der Waals surface area contributed by atoms with Gasteiger partial charge in [0.05, 0.1) is 4.90 Å². The first-order valence-corrected chi connectivity index (χ1v) is 10.1. The fourth-order valence-corrected chi connectivity index (χ4v) is 3.01. The second kappa shape index (κ2) is 7.25. The highest BCUT2D eigenvalue weighted by Crippen LogP contribution is 2.33. The summed E-state index contributed by atoms with van der Waals surface area (Å²) in [7, 11) is -3.22. The van der Waals surface area contributed by atoms with E-state index in [1.54, 1.807) is 24.4 Å². The number of aromatic nitrogens is 2. The number of sulfone groups is 1. The minimum atomic E-state index is -3.22. The molecule has 1 saturated carbocycles. The van der Waals surface area contributed by atoms with Gasteiger partial charge in [-0.1, -0.05) is 0 Å². The van der Waals surface area contributed by atoms with Crippen LogP contribution in [0.3, 0.4) is 0 Å². The molecule has 3 rings (SSSR count). The number of rotatable bonds is 6. The van der Waals surface area contributed by atoms with Crippen LogP contribution < -0.4 is 11.1 Å². The monoisotopic (exact) mass is 371 g/mol. The van der Waals surface area contributed by atoms with Crippen molar-refractivity contribution in [1.29, 1.82) is 0 Å². The number of anilines is 2. The summed E-state index contributed by atoms with van der Waals surface area (Å²) in [5, 5.41) is 3.04. The molecule has 0 atom stereocenters. The van der Waals surface area contributed by atoms with Crippen LogP contribution in [0.5, 0.6) is 0 Å². The van der Waals surface area contributed by atoms with Crippen LogP contribution >= 0.6 is 0 Å². The third-order valence-corrected chi connectivity index (χ3v) is 5.02. The van der Waals surface area contributed by atoms with Crippen molar-refractivity contribution in [2.45, 2.75) is 24.7 Å². The first-order chi connectivity index (χ1) is 12.3. The molecule has 8 heteroatoms. The Bertz CT molecular complexity index is 961. The Morgan fingerprint density at radius 3 is 2.58 bits per heavy atom. The summed E-state index contributed by atoms with van der Waals surface area (Å²) in [6, 6.07) is 8.12. The van der Waals surface area contributed by atoms with E-state index < -0.39 is 9.84 Å². The van der Waals surface area contributed by atoms with E-state index in [0.717, 1.165) is 24.3 Å². The average molecular weight is 371 g/mol. The van der Waals surface area contributed by atoms with Crippen LogP contribution in [0.4, 0.5) is 17.5 Å². The Morgan fingerprint density at radius 2 is 1.96 bits per heavy atom. The normalized spacial score (nSPS) is 15.8. The predicted octanol–water partition coefficient (Wildman–Crippen LogP) is 2.97. The molecule has 1 aliphatic rings. The second-order valence-electron chi connectivity index (χ2n) is 6.33. The molecule has 0 amide bonds. The van der Waals surface area contributed by atoms with Crippen molar-refractivity contribution >= 4 is 33.0 Å². The quantitative estimate of drug-likeness (QED) is 0.755. The molecule has 1 fully saturated rings. The Kier molecular flexibility index (Phi) is 5.03. The molecule has 1 aliphatic carbocycles. The van der Waals surface area contributed by atoms with Crippen molar-refractivity contribution in [1.82, 2.24) is 9.97 Å². The van der Waals surface area contributed by atoms with Crippen molar-refractivity contribution in [3.05, 3.63) is 48.3 Å². The maximum Gasteiger partial charge on any atom is 0.229 e. The van der Waals surface area contributed by atoms with Gasteiger partial charge < -0.3 is 11.1 Å². The van der Waals surface area contributed by atoms with Crippen LogP contribution in [-0.4, -0.2) is 30.4 Å². The second-order valence-corrected chi connectivity index (χ2v) is 8.35. The Labute approximate surface area is 153 Å². The molecular formula is C18H21N5O2S. The maximum atomic E-state index is 11.5. The summed E-state index contributed by atoms with van der Waals surface area (Å²) in [5.74, 6) is 1.40. The van der Waals surface area contributed by atoms with Gasteiger partial charge in [0.1, 0.15) is 0 Å². The number of aliphatic imine (C=N–C) groups is 1. The highest BCUT2D eigenvalue weighted by Gasteiger charge is 2.23. The van der Waals surface area contributed by atoms with E-state index in [4.69, 9.17) is 5.73 Å². The third-order valence-electron chi connectivity index (χ3n) is 3.89. The molecule has 7 nitrogen and oxygen atoms in total. The van der Waals surface area contributed by atoms with Crippen LogP contribution in [0.1, 0.15) is 19.8 Å². The summed E-state index contributed by atoms with van der Waals surface area (Å²) in [6.07, 6.45) is 6.97. The maximum absolute atomic E-state index is 11.5. The van der Waals surface area contributed by atoms with Crippen molar-refractivity contribution in [3.63, 3.8) is 0 Å². The standard InChI is InChI=1S/C18H21N5O2S/c1-12(11-16(19)13-3-4-13)21-17-9-10-20-18(23-17)22-14-5-7-15(8-6-14)26(2,24)25/h5-11,13H,3-4,19H2,1-2H3,(H,20,22,23). The molecule has 0 aliphatic heterocycles. The SMILES string of the molecule is CC(C=C(N)C1CC1)=Nc1ccnc(Nc2ccc(S(C)(=O)=O)cc2)n1. The summed E-state index contributed by atoms with van der Waals surface area (Å²) < 4.78 is 23.0. The molecule has 0 bridgehead atoms. The zero-order valence-corrected chi connectivity index (χ0v) is 15.5. The number of nitrogens with two attached hydrogens (primary N) is 1. The van der Waals surface area contributed by atoms with Crippen molar-refractivity contribution in [3.8, 4) is 0 Å². The lowest BCUT2D eigenvalue weighted by Crippen LogP contribution is -2.02. The molecule has 26 heavy (non-hydrogen) atoms. The van der Waals surface area contributed by atoms with Gasteiger partial charge in [-0.3, -0.25) is 0 Å². The zero-order valence-electron chi connectivity index (χ0n) is 14.7. The number of hydrogen-bond donors (Lipinski definition) is 2. The molecule has 3 N–H and O–H groups in total. The average Bonchev–Trinajstić information content (AvgIpc) is 3.39. The van der Waals surface area contributed by atoms with Gasteiger partial charge in [-0.15, -0.1) is 0 Å². The fourth-order valence-electron chi connectivity index (χ4n) is 2.37. The minimum absolute atomic E-state index is 0.262. The smallest absolute Gasteiger partial charge is 0.229 e. The lowest BCUT2D eigenvalue weighted by Gasteiger charge is -2.06.